The molecule has 1 amide bonds. The minimum absolute atomic E-state index is 0.0963. The highest BCUT2D eigenvalue weighted by Crippen LogP contribution is 2.33. The Balaban J connectivity index is 1.87. The summed E-state index contributed by atoms with van der Waals surface area (Å²) in [6.07, 6.45) is 5.26. The van der Waals surface area contributed by atoms with E-state index in [2.05, 4.69) is 32.8 Å². The van der Waals surface area contributed by atoms with Crippen LogP contribution in [0.25, 0.3) is 10.2 Å². The molecule has 0 fully saturated rings. The molecule has 22 heavy (non-hydrogen) atoms. The number of nitrogens with one attached hydrogen (secondary N) is 1. The van der Waals surface area contributed by atoms with Gasteiger partial charge in [0.25, 0.3) is 5.91 Å². The van der Waals surface area contributed by atoms with E-state index in [4.69, 9.17) is 0 Å². The highest BCUT2D eigenvalue weighted by Gasteiger charge is 2.17. The van der Waals surface area contributed by atoms with E-state index in [1.54, 1.807) is 29.8 Å². The van der Waals surface area contributed by atoms with E-state index in [0.29, 0.717) is 18.8 Å². The fourth-order valence-electron chi connectivity index (χ4n) is 2.31. The highest BCUT2D eigenvalue weighted by molar-refractivity contribution is 9.10. The fourth-order valence-corrected chi connectivity index (χ4v) is 4.01. The van der Waals surface area contributed by atoms with Gasteiger partial charge in [-0.2, -0.15) is 0 Å². The first-order valence-corrected chi connectivity index (χ1v) is 8.42. The standard InChI is InChI=1S/C16H14BrN3OS/c1-2-6-20-13(7-14-15(20)12(17)10-22-14)16(21)19-9-11-4-3-5-18-8-11/h2-5,7-8,10H,1,6,9H2,(H,19,21). The smallest absolute Gasteiger partial charge is 0.268 e. The van der Waals surface area contributed by atoms with Gasteiger partial charge in [-0.3, -0.25) is 9.78 Å². The molecular weight excluding hydrogens is 362 g/mol. The van der Waals surface area contributed by atoms with Gasteiger partial charge in [-0.25, -0.2) is 0 Å². The maximum atomic E-state index is 12.5. The molecule has 0 aliphatic rings. The summed E-state index contributed by atoms with van der Waals surface area (Å²) in [6.45, 7) is 4.83. The number of carbonyl (C=O) groups excluding carboxylic acids is 1. The zero-order valence-corrected chi connectivity index (χ0v) is 14.2. The molecule has 3 aromatic heterocycles. The topological polar surface area (TPSA) is 46.9 Å². The lowest BCUT2D eigenvalue weighted by molar-refractivity contribution is 0.0942. The summed E-state index contributed by atoms with van der Waals surface area (Å²) in [5, 5.41) is 4.97. The third kappa shape index (κ3) is 2.84. The molecule has 3 rings (SSSR count). The number of hydrogen-bond donors (Lipinski definition) is 1. The van der Waals surface area contributed by atoms with Gasteiger partial charge >= 0.3 is 0 Å². The van der Waals surface area contributed by atoms with E-state index in [1.807, 2.05) is 28.1 Å². The lowest BCUT2D eigenvalue weighted by Crippen LogP contribution is -2.25. The van der Waals surface area contributed by atoms with Crippen molar-refractivity contribution in [3.8, 4) is 0 Å². The van der Waals surface area contributed by atoms with Crippen molar-refractivity contribution < 1.29 is 4.79 Å². The van der Waals surface area contributed by atoms with Gasteiger partial charge < -0.3 is 9.88 Å². The first-order chi connectivity index (χ1) is 10.7. The SMILES string of the molecule is C=CCn1c(C(=O)NCc2cccnc2)cc2scc(Br)c21. The molecule has 1 N–H and O–H groups in total. The second kappa shape index (κ2) is 6.46. The Hall–Kier alpha value is -1.92. The molecule has 0 atom stereocenters. The van der Waals surface area contributed by atoms with Crippen LogP contribution in [0.5, 0.6) is 0 Å². The van der Waals surface area contributed by atoms with Crippen molar-refractivity contribution in [2.75, 3.05) is 0 Å². The molecule has 4 nitrogen and oxygen atoms in total. The van der Waals surface area contributed by atoms with E-state index >= 15 is 0 Å². The fraction of sp³-hybridized carbons (Fsp3) is 0.125. The first kappa shape index (κ1) is 15.0. The molecule has 0 radical (unpaired) electrons. The number of amides is 1. The summed E-state index contributed by atoms with van der Waals surface area (Å²) in [5.41, 5.74) is 2.66. The summed E-state index contributed by atoms with van der Waals surface area (Å²) in [7, 11) is 0. The minimum Gasteiger partial charge on any atom is -0.347 e. The number of allylic oxidation sites excluding steroid dienone is 1. The van der Waals surface area contributed by atoms with Crippen LogP contribution in [0.4, 0.5) is 0 Å². The van der Waals surface area contributed by atoms with Gasteiger partial charge in [-0.05, 0) is 33.6 Å². The molecular formula is C16H14BrN3OS. The van der Waals surface area contributed by atoms with Crippen LogP contribution in [0.2, 0.25) is 0 Å². The maximum Gasteiger partial charge on any atom is 0.268 e. The monoisotopic (exact) mass is 375 g/mol. The molecule has 0 saturated heterocycles. The van der Waals surface area contributed by atoms with E-state index in [0.717, 1.165) is 20.3 Å². The van der Waals surface area contributed by atoms with Crippen molar-refractivity contribution in [2.45, 2.75) is 13.1 Å². The number of fused-ring (bicyclic) bond motifs is 1. The van der Waals surface area contributed by atoms with E-state index < -0.39 is 0 Å². The van der Waals surface area contributed by atoms with Crippen molar-refractivity contribution in [3.63, 3.8) is 0 Å². The summed E-state index contributed by atoms with van der Waals surface area (Å²) >= 11 is 5.16. The number of aromatic nitrogens is 2. The molecule has 0 saturated carbocycles. The Morgan fingerprint density at radius 2 is 2.41 bits per heavy atom. The summed E-state index contributed by atoms with van der Waals surface area (Å²) < 4.78 is 4.06. The summed E-state index contributed by atoms with van der Waals surface area (Å²) in [5.74, 6) is -0.0963. The molecule has 0 aliphatic carbocycles. The maximum absolute atomic E-state index is 12.5. The normalized spacial score (nSPS) is 10.8. The number of halogens is 1. The van der Waals surface area contributed by atoms with Crippen molar-refractivity contribution in [2.24, 2.45) is 0 Å². The minimum atomic E-state index is -0.0963. The number of nitrogens with zero attached hydrogens (tertiary/aromatic N) is 2. The van der Waals surface area contributed by atoms with Gasteiger partial charge in [0.1, 0.15) is 5.69 Å². The van der Waals surface area contributed by atoms with Gasteiger partial charge in [0.05, 0.1) is 14.7 Å². The molecule has 3 heterocycles. The average Bonchev–Trinajstić information content (AvgIpc) is 3.07. The lowest BCUT2D eigenvalue weighted by atomic mass is 10.3. The Labute approximate surface area is 140 Å². The third-order valence-corrected chi connectivity index (χ3v) is 5.12. The quantitative estimate of drug-likeness (QED) is 0.685. The highest BCUT2D eigenvalue weighted by atomic mass is 79.9. The van der Waals surface area contributed by atoms with Crippen molar-refractivity contribution in [1.82, 2.24) is 14.9 Å². The molecule has 6 heteroatoms. The third-order valence-electron chi connectivity index (χ3n) is 3.30. The predicted octanol–water partition coefficient (Wildman–Crippen LogP) is 3.98. The Morgan fingerprint density at radius 1 is 1.55 bits per heavy atom. The van der Waals surface area contributed by atoms with Crippen LogP contribution in [0.1, 0.15) is 16.1 Å². The molecule has 0 bridgehead atoms. The molecule has 0 spiro atoms. The zero-order valence-electron chi connectivity index (χ0n) is 11.8. The lowest BCUT2D eigenvalue weighted by Gasteiger charge is -2.09. The van der Waals surface area contributed by atoms with Crippen molar-refractivity contribution in [3.05, 3.63) is 64.4 Å². The molecule has 0 aromatic carbocycles. The van der Waals surface area contributed by atoms with E-state index in [9.17, 15) is 4.79 Å². The molecule has 112 valence electrons. The Kier molecular flexibility index (Phi) is 4.40. The number of pyridine rings is 1. The van der Waals surface area contributed by atoms with Crippen LogP contribution in [0, 0.1) is 0 Å². The first-order valence-electron chi connectivity index (χ1n) is 6.75. The van der Waals surface area contributed by atoms with Crippen molar-refractivity contribution in [1.29, 1.82) is 0 Å². The summed E-state index contributed by atoms with van der Waals surface area (Å²) in [6, 6.07) is 5.72. The van der Waals surface area contributed by atoms with Crippen LogP contribution >= 0.6 is 27.3 Å². The van der Waals surface area contributed by atoms with Gasteiger partial charge in [0.15, 0.2) is 0 Å². The van der Waals surface area contributed by atoms with Crippen LogP contribution in [0.15, 0.2) is 53.1 Å². The van der Waals surface area contributed by atoms with Crippen LogP contribution < -0.4 is 5.32 Å². The van der Waals surface area contributed by atoms with Gasteiger partial charge in [0.2, 0.25) is 0 Å². The van der Waals surface area contributed by atoms with Gasteiger partial charge in [-0.1, -0.05) is 12.1 Å². The number of thiophene rings is 1. The Morgan fingerprint density at radius 3 is 3.14 bits per heavy atom. The average molecular weight is 376 g/mol. The molecule has 0 unspecified atom stereocenters. The Bertz CT molecular complexity index is 823. The molecule has 3 aromatic rings. The van der Waals surface area contributed by atoms with Gasteiger partial charge in [0, 0.05) is 30.9 Å². The van der Waals surface area contributed by atoms with Gasteiger partial charge in [-0.15, -0.1) is 17.9 Å². The van der Waals surface area contributed by atoms with E-state index in [1.165, 1.54) is 0 Å². The molecule has 0 aliphatic heterocycles. The summed E-state index contributed by atoms with van der Waals surface area (Å²) in [4.78, 5) is 16.5. The van der Waals surface area contributed by atoms with E-state index in [-0.39, 0.29) is 5.91 Å². The number of rotatable bonds is 5. The van der Waals surface area contributed by atoms with Crippen LogP contribution in [-0.4, -0.2) is 15.5 Å². The largest absolute Gasteiger partial charge is 0.347 e. The zero-order chi connectivity index (χ0) is 15.5. The number of carbonyl (C=O) groups is 1. The van der Waals surface area contributed by atoms with Crippen LogP contribution in [0.3, 0.4) is 0 Å². The van der Waals surface area contributed by atoms with Crippen LogP contribution in [-0.2, 0) is 13.1 Å². The predicted molar refractivity (Wildman–Crippen MR) is 93.1 cm³/mol. The number of hydrogen-bond acceptors (Lipinski definition) is 3. The second-order valence-electron chi connectivity index (χ2n) is 4.77. The second-order valence-corrected chi connectivity index (χ2v) is 6.53. The van der Waals surface area contributed by atoms with Crippen molar-refractivity contribution >= 4 is 43.4 Å².